The van der Waals surface area contributed by atoms with Crippen LogP contribution >= 0.6 is 0 Å². The van der Waals surface area contributed by atoms with Gasteiger partial charge in [-0.1, -0.05) is 42.0 Å². The third kappa shape index (κ3) is 3.12. The lowest BCUT2D eigenvalue weighted by Crippen LogP contribution is -2.43. The summed E-state index contributed by atoms with van der Waals surface area (Å²) in [5.41, 5.74) is 6.26. The van der Waals surface area contributed by atoms with Crippen molar-refractivity contribution < 1.29 is 5.11 Å². The maximum atomic E-state index is 10.7. The van der Waals surface area contributed by atoms with Crippen LogP contribution in [0.5, 0.6) is 5.75 Å². The van der Waals surface area contributed by atoms with Crippen molar-refractivity contribution in [1.29, 1.82) is 0 Å². The molecule has 4 fully saturated rings. The molecule has 140 valence electrons. The van der Waals surface area contributed by atoms with Crippen LogP contribution in [0.1, 0.15) is 67.2 Å². The maximum Gasteiger partial charge on any atom is 0.119 e. The van der Waals surface area contributed by atoms with Gasteiger partial charge in [-0.25, -0.2) is 0 Å². The zero-order valence-corrected chi connectivity index (χ0v) is 16.5. The monoisotopic (exact) mass is 358 g/mol. The highest BCUT2D eigenvalue weighted by Gasteiger charge is 2.49. The highest BCUT2D eigenvalue weighted by atomic mass is 16.3. The minimum atomic E-state index is 0.513. The third-order valence-electron chi connectivity index (χ3n) is 7.53. The lowest BCUT2D eigenvalue weighted by Gasteiger charge is -2.54. The molecule has 4 bridgehead atoms. The predicted octanol–water partition coefficient (Wildman–Crippen LogP) is 6.80. The number of hydrogen-bond donors (Lipinski definition) is 1. The fraction of sp³-hybridized carbons (Fsp3) is 0.462. The molecule has 2 aromatic rings. The molecule has 0 aliphatic heterocycles. The van der Waals surface area contributed by atoms with E-state index in [-0.39, 0.29) is 0 Å². The second-order valence-electron chi connectivity index (χ2n) is 9.47. The van der Waals surface area contributed by atoms with Gasteiger partial charge >= 0.3 is 0 Å². The van der Waals surface area contributed by atoms with Crippen LogP contribution in [-0.4, -0.2) is 5.11 Å². The van der Waals surface area contributed by atoms with Gasteiger partial charge in [-0.2, -0.15) is 0 Å². The molecule has 6 rings (SSSR count). The first-order chi connectivity index (χ1) is 13.1. The Kier molecular flexibility index (Phi) is 4.15. The Morgan fingerprint density at radius 2 is 1.52 bits per heavy atom. The van der Waals surface area contributed by atoms with Gasteiger partial charge in [0, 0.05) is 0 Å². The van der Waals surface area contributed by atoms with E-state index in [2.05, 4.69) is 56.3 Å². The summed E-state index contributed by atoms with van der Waals surface area (Å²) in [5, 5.41) is 10.7. The second kappa shape index (κ2) is 6.55. The van der Waals surface area contributed by atoms with Gasteiger partial charge in [0.05, 0.1) is 0 Å². The van der Waals surface area contributed by atoms with Crippen molar-refractivity contribution >= 4 is 11.6 Å². The van der Waals surface area contributed by atoms with E-state index in [4.69, 9.17) is 0 Å². The largest absolute Gasteiger partial charge is 0.508 e. The molecule has 27 heavy (non-hydrogen) atoms. The van der Waals surface area contributed by atoms with E-state index in [1.807, 2.05) is 6.07 Å². The van der Waals surface area contributed by atoms with Crippen LogP contribution in [0.4, 0.5) is 0 Å². The number of benzene rings is 2. The van der Waals surface area contributed by atoms with Crippen molar-refractivity contribution in [2.24, 2.45) is 23.7 Å². The van der Waals surface area contributed by atoms with Gasteiger partial charge in [-0.3, -0.25) is 0 Å². The summed E-state index contributed by atoms with van der Waals surface area (Å²) in [5.74, 6) is 4.62. The molecule has 2 aromatic carbocycles. The van der Waals surface area contributed by atoms with E-state index in [1.165, 1.54) is 59.9 Å². The summed E-state index contributed by atoms with van der Waals surface area (Å²) in [6.07, 6.45) is 9.29. The van der Waals surface area contributed by atoms with Gasteiger partial charge < -0.3 is 5.11 Å². The number of allylic oxidation sites excluding steroid dienone is 1. The first-order valence-corrected chi connectivity index (χ1v) is 10.6. The van der Waals surface area contributed by atoms with E-state index in [9.17, 15) is 5.11 Å². The average molecular weight is 359 g/mol. The normalized spacial score (nSPS) is 32.1. The Hall–Kier alpha value is -2.02. The average Bonchev–Trinajstić information content (AvgIpc) is 2.64. The smallest absolute Gasteiger partial charge is 0.119 e. The molecule has 4 saturated carbocycles. The molecule has 0 amide bonds. The van der Waals surface area contributed by atoms with Crippen LogP contribution in [0.25, 0.3) is 11.6 Å². The zero-order valence-electron chi connectivity index (χ0n) is 16.5. The molecule has 4 aliphatic carbocycles. The summed E-state index contributed by atoms with van der Waals surface area (Å²) in [6.45, 7) is 4.31. The van der Waals surface area contributed by atoms with Gasteiger partial charge in [0.1, 0.15) is 5.75 Å². The molecule has 0 heterocycles. The van der Waals surface area contributed by atoms with E-state index < -0.39 is 0 Å². The van der Waals surface area contributed by atoms with E-state index in [0.717, 1.165) is 23.7 Å². The van der Waals surface area contributed by atoms with Crippen molar-refractivity contribution in [3.8, 4) is 5.75 Å². The summed E-state index contributed by atoms with van der Waals surface area (Å²) in [6, 6.07) is 15.0. The van der Waals surface area contributed by atoms with Crippen molar-refractivity contribution in [3.05, 3.63) is 64.7 Å². The van der Waals surface area contributed by atoms with Crippen LogP contribution < -0.4 is 0 Å². The van der Waals surface area contributed by atoms with Crippen LogP contribution in [0.2, 0.25) is 0 Å². The van der Waals surface area contributed by atoms with Crippen LogP contribution in [0, 0.1) is 30.6 Å². The number of hydrogen-bond acceptors (Lipinski definition) is 1. The Bertz CT molecular complexity index is 846. The minimum Gasteiger partial charge on any atom is -0.508 e. The Morgan fingerprint density at radius 1 is 0.889 bits per heavy atom. The van der Waals surface area contributed by atoms with Crippen LogP contribution in [0.3, 0.4) is 0 Å². The van der Waals surface area contributed by atoms with E-state index >= 15 is 0 Å². The summed E-state index contributed by atoms with van der Waals surface area (Å²) in [7, 11) is 0. The van der Waals surface area contributed by atoms with Gasteiger partial charge in [-0.15, -0.1) is 0 Å². The highest BCUT2D eigenvalue weighted by molar-refractivity contribution is 5.80. The van der Waals surface area contributed by atoms with Crippen molar-refractivity contribution in [1.82, 2.24) is 0 Å². The zero-order chi connectivity index (χ0) is 18.5. The molecule has 1 nitrogen and oxygen atoms in total. The molecule has 4 aliphatic rings. The van der Waals surface area contributed by atoms with E-state index in [1.54, 1.807) is 0 Å². The first kappa shape index (κ1) is 17.1. The Morgan fingerprint density at radius 3 is 2.15 bits per heavy atom. The topological polar surface area (TPSA) is 20.2 Å². The number of aryl methyl sites for hydroxylation is 1. The lowest BCUT2D eigenvalue weighted by atomic mass is 9.50. The molecule has 0 aromatic heterocycles. The molecule has 1 N–H and O–H groups in total. The molecule has 0 radical (unpaired) electrons. The molecule has 0 saturated heterocycles. The number of aromatic hydroxyl groups is 1. The fourth-order valence-electron chi connectivity index (χ4n) is 6.50. The van der Waals surface area contributed by atoms with Crippen molar-refractivity contribution in [3.63, 3.8) is 0 Å². The number of phenols is 1. The number of phenolic OH excluding ortho intramolecular Hbond substituents is 1. The van der Waals surface area contributed by atoms with Crippen molar-refractivity contribution in [2.45, 2.75) is 51.9 Å². The van der Waals surface area contributed by atoms with Gasteiger partial charge in [-0.05, 0) is 110 Å². The lowest BCUT2D eigenvalue weighted by molar-refractivity contribution is -0.00347. The maximum absolute atomic E-state index is 10.7. The molecule has 1 heteroatoms. The highest BCUT2D eigenvalue weighted by Crippen LogP contribution is 2.60. The second-order valence-corrected chi connectivity index (χ2v) is 9.47. The summed E-state index contributed by atoms with van der Waals surface area (Å²) < 4.78 is 0. The minimum absolute atomic E-state index is 0.513. The SMILES string of the molecule is C/C(=C\c1ccc(C)cc1)c1ccc(O)c(C2C3CC4CC(C3)CC2C4)c1. The number of rotatable bonds is 3. The fourth-order valence-corrected chi connectivity index (χ4v) is 6.50. The Labute approximate surface area is 163 Å². The van der Waals surface area contributed by atoms with Gasteiger partial charge in [0.2, 0.25) is 0 Å². The summed E-state index contributed by atoms with van der Waals surface area (Å²) >= 11 is 0. The van der Waals surface area contributed by atoms with Crippen molar-refractivity contribution in [2.75, 3.05) is 0 Å². The predicted molar refractivity (Wildman–Crippen MR) is 113 cm³/mol. The summed E-state index contributed by atoms with van der Waals surface area (Å²) in [4.78, 5) is 0. The quantitative estimate of drug-likeness (QED) is 0.598. The third-order valence-corrected chi connectivity index (χ3v) is 7.53. The standard InChI is InChI=1S/C26H30O/c1-16-3-5-18(6-4-16)9-17(2)21-7-8-25(27)24(15-21)26-22-11-19-10-20(13-22)14-23(26)12-19/h3-9,15,19-20,22-23,26-27H,10-14H2,1-2H3/b17-9+. The molecular weight excluding hydrogens is 328 g/mol. The van der Waals surface area contributed by atoms with Gasteiger partial charge in [0.25, 0.3) is 0 Å². The molecular formula is C26H30O. The molecule has 0 atom stereocenters. The van der Waals surface area contributed by atoms with E-state index in [0.29, 0.717) is 11.7 Å². The van der Waals surface area contributed by atoms with Gasteiger partial charge in [0.15, 0.2) is 0 Å². The van der Waals surface area contributed by atoms with Crippen LogP contribution in [-0.2, 0) is 0 Å². The Balaban J connectivity index is 1.47. The van der Waals surface area contributed by atoms with Crippen LogP contribution in [0.15, 0.2) is 42.5 Å². The molecule has 0 unspecified atom stereocenters. The molecule has 0 spiro atoms. The first-order valence-electron chi connectivity index (χ1n) is 10.6.